The summed E-state index contributed by atoms with van der Waals surface area (Å²) in [4.78, 5) is 0. The van der Waals surface area contributed by atoms with Crippen LogP contribution in [0.5, 0.6) is 0 Å². The van der Waals surface area contributed by atoms with Gasteiger partial charge in [0.25, 0.3) is 0 Å². The topological polar surface area (TPSA) is 29.1 Å². The highest BCUT2D eigenvalue weighted by atomic mass is 31.2. The average molecular weight is 187 g/mol. The summed E-state index contributed by atoms with van der Waals surface area (Å²) in [6.45, 7) is 11.1. The van der Waals surface area contributed by atoms with Gasteiger partial charge in [-0.3, -0.25) is 0 Å². The maximum Gasteiger partial charge on any atom is 0.107 e. The van der Waals surface area contributed by atoms with Crippen molar-refractivity contribution < 1.29 is 4.57 Å². The molecule has 0 bridgehead atoms. The van der Waals surface area contributed by atoms with Gasteiger partial charge in [-0.1, -0.05) is 13.5 Å². The number of rotatable bonds is 4. The van der Waals surface area contributed by atoms with Gasteiger partial charge >= 0.3 is 0 Å². The zero-order valence-electron chi connectivity index (χ0n) is 8.35. The lowest BCUT2D eigenvalue weighted by Crippen LogP contribution is -2.04. The van der Waals surface area contributed by atoms with E-state index < -0.39 is 7.14 Å². The third kappa shape index (κ3) is 3.27. The van der Waals surface area contributed by atoms with E-state index in [0.29, 0.717) is 0 Å². The predicted octanol–water partition coefficient (Wildman–Crippen LogP) is 2.98. The quantitative estimate of drug-likeness (QED) is 0.685. The average Bonchev–Trinajstić information content (AvgIpc) is 1.85. The van der Waals surface area contributed by atoms with Gasteiger partial charge < -0.3 is 9.88 Å². The third-order valence-electron chi connectivity index (χ3n) is 1.74. The molecule has 0 radical (unpaired) electrons. The van der Waals surface area contributed by atoms with Crippen LogP contribution in [0.3, 0.4) is 0 Å². The summed E-state index contributed by atoms with van der Waals surface area (Å²) in [5, 5.41) is 3.99. The fraction of sp³-hybridized carbons (Fsp3) is 0.556. The molecule has 0 atom stereocenters. The Morgan fingerprint density at radius 1 is 1.58 bits per heavy atom. The van der Waals surface area contributed by atoms with Crippen molar-refractivity contribution in [3.05, 3.63) is 23.8 Å². The first-order valence-corrected chi connectivity index (χ1v) is 6.66. The first kappa shape index (κ1) is 11.5. The molecule has 0 aliphatic heterocycles. The molecule has 0 spiro atoms. The molecule has 0 aromatic heterocycles. The van der Waals surface area contributed by atoms with Crippen molar-refractivity contribution in [2.45, 2.75) is 20.3 Å². The van der Waals surface area contributed by atoms with Crippen molar-refractivity contribution >= 4 is 7.14 Å². The fourth-order valence-corrected chi connectivity index (χ4v) is 2.92. The third-order valence-corrected chi connectivity index (χ3v) is 3.69. The van der Waals surface area contributed by atoms with Gasteiger partial charge in [0.2, 0.25) is 0 Å². The van der Waals surface area contributed by atoms with Crippen molar-refractivity contribution in [1.82, 2.24) is 5.32 Å². The van der Waals surface area contributed by atoms with E-state index in [1.165, 1.54) is 0 Å². The van der Waals surface area contributed by atoms with Crippen LogP contribution in [0.1, 0.15) is 20.3 Å². The molecule has 3 heteroatoms. The summed E-state index contributed by atoms with van der Waals surface area (Å²) in [5.41, 5.74) is 0.973. The molecule has 0 heterocycles. The minimum absolute atomic E-state index is 0.830. The van der Waals surface area contributed by atoms with Crippen LogP contribution in [0, 0.1) is 0 Å². The van der Waals surface area contributed by atoms with E-state index in [-0.39, 0.29) is 0 Å². The molecule has 0 unspecified atom stereocenters. The van der Waals surface area contributed by atoms with E-state index in [0.717, 1.165) is 17.4 Å². The van der Waals surface area contributed by atoms with E-state index in [1.54, 1.807) is 19.5 Å². The number of allylic oxidation sites excluding steroid dienone is 2. The molecule has 0 saturated carbocycles. The molecule has 0 amide bonds. The van der Waals surface area contributed by atoms with Crippen LogP contribution in [0.2, 0.25) is 0 Å². The number of nitrogens with one attached hydrogen (secondary N) is 1. The highest BCUT2D eigenvalue weighted by molar-refractivity contribution is 7.66. The Morgan fingerprint density at radius 3 is 2.33 bits per heavy atom. The molecule has 0 rings (SSSR count). The van der Waals surface area contributed by atoms with Gasteiger partial charge in [-0.25, -0.2) is 0 Å². The minimum Gasteiger partial charge on any atom is -0.365 e. The standard InChI is InChI=1S/C9H18NOP/c1-6-9(12(4,5)11)8(3)10-7-2/h7,10H,2,6H2,1,3-5H3/b9-8-. The van der Waals surface area contributed by atoms with Crippen molar-refractivity contribution in [2.75, 3.05) is 13.3 Å². The van der Waals surface area contributed by atoms with Crippen LogP contribution < -0.4 is 5.32 Å². The number of hydrogen-bond acceptors (Lipinski definition) is 2. The molecule has 0 aromatic carbocycles. The summed E-state index contributed by atoms with van der Waals surface area (Å²) < 4.78 is 11.7. The first-order chi connectivity index (χ1) is 5.43. The lowest BCUT2D eigenvalue weighted by molar-refractivity contribution is 0.585. The Bertz CT molecular complexity index is 237. The first-order valence-electron chi connectivity index (χ1n) is 4.06. The van der Waals surface area contributed by atoms with Gasteiger partial charge in [-0.2, -0.15) is 0 Å². The van der Waals surface area contributed by atoms with E-state index >= 15 is 0 Å². The summed E-state index contributed by atoms with van der Waals surface area (Å²) in [6.07, 6.45) is 2.44. The molecule has 12 heavy (non-hydrogen) atoms. The van der Waals surface area contributed by atoms with Crippen molar-refractivity contribution in [3.8, 4) is 0 Å². The molecule has 0 aromatic rings. The Balaban J connectivity index is 4.86. The largest absolute Gasteiger partial charge is 0.365 e. The highest BCUT2D eigenvalue weighted by Gasteiger charge is 2.14. The Kier molecular flexibility index (Phi) is 4.33. The Hall–Kier alpha value is -0.490. The predicted molar refractivity (Wildman–Crippen MR) is 55.8 cm³/mol. The van der Waals surface area contributed by atoms with Gasteiger partial charge in [0.1, 0.15) is 7.14 Å². The van der Waals surface area contributed by atoms with Gasteiger partial charge in [0, 0.05) is 11.0 Å². The van der Waals surface area contributed by atoms with E-state index in [2.05, 4.69) is 11.9 Å². The smallest absolute Gasteiger partial charge is 0.107 e. The SMILES string of the molecule is C=CN/C(C)=C(/CC)P(C)(C)=O. The molecule has 0 aliphatic rings. The molecule has 1 N–H and O–H groups in total. The zero-order chi connectivity index (χ0) is 9.78. The second kappa shape index (κ2) is 4.51. The zero-order valence-corrected chi connectivity index (χ0v) is 9.24. The Morgan fingerprint density at radius 2 is 2.08 bits per heavy atom. The fourth-order valence-electron chi connectivity index (χ4n) is 1.29. The van der Waals surface area contributed by atoms with E-state index in [4.69, 9.17) is 0 Å². The van der Waals surface area contributed by atoms with Gasteiger partial charge in [0.15, 0.2) is 0 Å². The van der Waals surface area contributed by atoms with Crippen LogP contribution in [0.25, 0.3) is 0 Å². The maximum absolute atomic E-state index is 11.7. The van der Waals surface area contributed by atoms with Gasteiger partial charge in [0.05, 0.1) is 0 Å². The van der Waals surface area contributed by atoms with Crippen LogP contribution in [0.15, 0.2) is 23.8 Å². The molecule has 0 fully saturated rings. The lowest BCUT2D eigenvalue weighted by Gasteiger charge is -2.14. The van der Waals surface area contributed by atoms with Crippen molar-refractivity contribution in [2.24, 2.45) is 0 Å². The monoisotopic (exact) mass is 187 g/mol. The van der Waals surface area contributed by atoms with Crippen LogP contribution in [0.4, 0.5) is 0 Å². The molecule has 2 nitrogen and oxygen atoms in total. The van der Waals surface area contributed by atoms with Gasteiger partial charge in [-0.15, -0.1) is 0 Å². The van der Waals surface area contributed by atoms with Crippen LogP contribution >= 0.6 is 7.14 Å². The highest BCUT2D eigenvalue weighted by Crippen LogP contribution is 2.48. The molecular weight excluding hydrogens is 169 g/mol. The minimum atomic E-state index is -2.09. The second-order valence-electron chi connectivity index (χ2n) is 3.12. The van der Waals surface area contributed by atoms with Crippen molar-refractivity contribution in [1.29, 1.82) is 0 Å². The summed E-state index contributed by atoms with van der Waals surface area (Å²) in [6, 6.07) is 0. The van der Waals surface area contributed by atoms with Crippen molar-refractivity contribution in [3.63, 3.8) is 0 Å². The van der Waals surface area contributed by atoms with Crippen LogP contribution in [-0.2, 0) is 4.57 Å². The van der Waals surface area contributed by atoms with Crippen LogP contribution in [-0.4, -0.2) is 13.3 Å². The lowest BCUT2D eigenvalue weighted by atomic mass is 10.3. The maximum atomic E-state index is 11.7. The molecular formula is C9H18NOP. The second-order valence-corrected chi connectivity index (χ2v) is 6.37. The Labute approximate surface area is 75.1 Å². The normalized spacial score (nSPS) is 13.7. The van der Waals surface area contributed by atoms with E-state index in [9.17, 15) is 4.57 Å². The molecule has 70 valence electrons. The summed E-state index contributed by atoms with van der Waals surface area (Å²) in [5.74, 6) is 0. The summed E-state index contributed by atoms with van der Waals surface area (Å²) >= 11 is 0. The summed E-state index contributed by atoms with van der Waals surface area (Å²) in [7, 11) is -2.09. The number of hydrogen-bond donors (Lipinski definition) is 1. The molecule has 0 aliphatic carbocycles. The molecule has 0 saturated heterocycles. The van der Waals surface area contributed by atoms with E-state index in [1.807, 2.05) is 13.8 Å². The van der Waals surface area contributed by atoms with Gasteiger partial charge in [-0.05, 0) is 32.9 Å².